The van der Waals surface area contributed by atoms with Crippen molar-refractivity contribution < 1.29 is 14.0 Å². The Bertz CT molecular complexity index is 999. The number of benzene rings is 1. The number of aromatic nitrogens is 2. The molecule has 3 amide bonds. The summed E-state index contributed by atoms with van der Waals surface area (Å²) in [6.45, 7) is 6.19. The van der Waals surface area contributed by atoms with E-state index in [9.17, 15) is 14.0 Å². The van der Waals surface area contributed by atoms with E-state index in [0.717, 1.165) is 17.0 Å². The number of urea groups is 1. The first-order valence-corrected chi connectivity index (χ1v) is 9.52. The maximum absolute atomic E-state index is 13.4. The highest BCUT2D eigenvalue weighted by molar-refractivity contribution is 6.04. The van der Waals surface area contributed by atoms with Crippen LogP contribution in [0.15, 0.2) is 35.3 Å². The molecule has 8 nitrogen and oxygen atoms in total. The first-order chi connectivity index (χ1) is 13.8. The third-order valence-corrected chi connectivity index (χ3v) is 5.35. The normalized spacial score (nSPS) is 21.7. The molecular formula is C20H23FN6O2. The molecule has 2 unspecified atom stereocenters. The van der Waals surface area contributed by atoms with Crippen LogP contribution in [0.25, 0.3) is 0 Å². The van der Waals surface area contributed by atoms with E-state index in [1.54, 1.807) is 30.8 Å². The predicted octanol–water partition coefficient (Wildman–Crippen LogP) is 1.97. The zero-order valence-corrected chi connectivity index (χ0v) is 16.8. The lowest BCUT2D eigenvalue weighted by Gasteiger charge is -2.41. The first kappa shape index (κ1) is 19.1. The lowest BCUT2D eigenvalue weighted by Crippen LogP contribution is -2.64. The van der Waals surface area contributed by atoms with Gasteiger partial charge in [0.25, 0.3) is 5.91 Å². The summed E-state index contributed by atoms with van der Waals surface area (Å²) in [6.07, 6.45) is -0.642. The van der Waals surface area contributed by atoms with Crippen molar-refractivity contribution in [2.24, 2.45) is 4.99 Å². The van der Waals surface area contributed by atoms with E-state index in [4.69, 9.17) is 4.99 Å². The van der Waals surface area contributed by atoms with Gasteiger partial charge in [-0.2, -0.15) is 5.10 Å². The molecule has 1 saturated heterocycles. The molecule has 1 aromatic heterocycles. The molecule has 0 saturated carbocycles. The summed E-state index contributed by atoms with van der Waals surface area (Å²) in [6, 6.07) is 7.04. The second kappa shape index (κ2) is 6.98. The quantitative estimate of drug-likeness (QED) is 0.792. The number of halogens is 1. The van der Waals surface area contributed by atoms with Crippen LogP contribution in [0.3, 0.4) is 0 Å². The van der Waals surface area contributed by atoms with Crippen LogP contribution in [-0.4, -0.2) is 68.2 Å². The van der Waals surface area contributed by atoms with Gasteiger partial charge in [-0.25, -0.2) is 18.9 Å². The highest BCUT2D eigenvalue weighted by Crippen LogP contribution is 2.30. The van der Waals surface area contributed by atoms with Crippen LogP contribution in [-0.2, 0) is 11.3 Å². The van der Waals surface area contributed by atoms with Crippen molar-refractivity contribution in [2.45, 2.75) is 39.5 Å². The van der Waals surface area contributed by atoms with E-state index in [0.29, 0.717) is 12.5 Å². The topological polar surface area (TPSA) is 74.0 Å². The molecule has 0 aliphatic carbocycles. The third-order valence-electron chi connectivity index (χ3n) is 5.35. The Balaban J connectivity index is 1.79. The van der Waals surface area contributed by atoms with Crippen molar-refractivity contribution in [1.82, 2.24) is 24.5 Å². The summed E-state index contributed by atoms with van der Waals surface area (Å²) in [5.74, 6) is -0.111. The molecule has 2 atom stereocenters. The van der Waals surface area contributed by atoms with Gasteiger partial charge in [-0.1, -0.05) is 12.1 Å². The number of hydrogen-bond acceptors (Lipinski definition) is 5. The molecule has 0 spiro atoms. The van der Waals surface area contributed by atoms with E-state index < -0.39 is 12.2 Å². The van der Waals surface area contributed by atoms with Crippen molar-refractivity contribution in [3.05, 3.63) is 53.1 Å². The van der Waals surface area contributed by atoms with Gasteiger partial charge in [0.1, 0.15) is 5.82 Å². The largest absolute Gasteiger partial charge is 0.328 e. The summed E-state index contributed by atoms with van der Waals surface area (Å²) < 4.78 is 15.1. The molecule has 2 aliphatic heterocycles. The number of likely N-dealkylation sites (N-methyl/N-ethyl adjacent to an activating group) is 2. The number of aliphatic imine (C=N–C) groups is 1. The van der Waals surface area contributed by atoms with Gasteiger partial charge >= 0.3 is 6.03 Å². The highest BCUT2D eigenvalue weighted by Gasteiger charge is 2.52. The molecule has 152 valence electrons. The highest BCUT2D eigenvalue weighted by atomic mass is 19.1. The number of rotatable bonds is 3. The number of carbonyl (C=O) groups is 2. The van der Waals surface area contributed by atoms with E-state index >= 15 is 0 Å². The van der Waals surface area contributed by atoms with Crippen molar-refractivity contribution >= 4 is 17.9 Å². The van der Waals surface area contributed by atoms with Gasteiger partial charge in [-0.15, -0.1) is 0 Å². The van der Waals surface area contributed by atoms with Gasteiger partial charge in [0, 0.05) is 25.8 Å². The number of fused-ring (bicyclic) bond motifs is 1. The molecule has 0 N–H and O–H groups in total. The van der Waals surface area contributed by atoms with E-state index in [1.165, 1.54) is 21.9 Å². The minimum atomic E-state index is -0.665. The van der Waals surface area contributed by atoms with Crippen molar-refractivity contribution in [3.8, 4) is 0 Å². The molecule has 0 bridgehead atoms. The average molecular weight is 398 g/mol. The lowest BCUT2D eigenvalue weighted by atomic mass is 10.1. The number of carbonyl (C=O) groups excluding carboxylic acids is 2. The Hall–Kier alpha value is -3.23. The number of hydrogen-bond donors (Lipinski definition) is 0. The molecule has 1 fully saturated rings. The molecule has 3 heterocycles. The van der Waals surface area contributed by atoms with Crippen LogP contribution < -0.4 is 0 Å². The van der Waals surface area contributed by atoms with Gasteiger partial charge < -0.3 is 9.80 Å². The van der Waals surface area contributed by atoms with Gasteiger partial charge in [0.15, 0.2) is 12.2 Å². The lowest BCUT2D eigenvalue weighted by molar-refractivity contribution is -0.137. The zero-order valence-electron chi connectivity index (χ0n) is 16.8. The Kier molecular flexibility index (Phi) is 4.60. The number of imide groups is 1. The summed E-state index contributed by atoms with van der Waals surface area (Å²) in [5, 5.41) is 4.52. The van der Waals surface area contributed by atoms with Crippen LogP contribution in [0.4, 0.5) is 9.18 Å². The smallest absolute Gasteiger partial charge is 0.321 e. The molecule has 9 heteroatoms. The Morgan fingerprint density at radius 2 is 1.83 bits per heavy atom. The average Bonchev–Trinajstić information content (AvgIpc) is 3.22. The molecule has 4 rings (SSSR count). The Morgan fingerprint density at radius 1 is 1.14 bits per heavy atom. The fraction of sp³-hybridized carbons (Fsp3) is 0.400. The van der Waals surface area contributed by atoms with Gasteiger partial charge in [0.2, 0.25) is 5.96 Å². The minimum absolute atomic E-state index is 0.283. The van der Waals surface area contributed by atoms with Crippen LogP contribution in [0.5, 0.6) is 0 Å². The summed E-state index contributed by atoms with van der Waals surface area (Å²) in [5.41, 5.74) is 2.53. The fourth-order valence-corrected chi connectivity index (χ4v) is 3.92. The monoisotopic (exact) mass is 398 g/mol. The van der Waals surface area contributed by atoms with Crippen LogP contribution in [0.2, 0.25) is 0 Å². The van der Waals surface area contributed by atoms with Gasteiger partial charge in [-0.3, -0.25) is 9.69 Å². The summed E-state index contributed by atoms with van der Waals surface area (Å²) >= 11 is 0. The maximum Gasteiger partial charge on any atom is 0.328 e. The van der Waals surface area contributed by atoms with Crippen molar-refractivity contribution in [3.63, 3.8) is 0 Å². The molecule has 1 aromatic carbocycles. The van der Waals surface area contributed by atoms with Gasteiger partial charge in [-0.05, 0) is 44.5 Å². The van der Waals surface area contributed by atoms with Crippen LogP contribution in [0, 0.1) is 19.7 Å². The second-order valence-electron chi connectivity index (χ2n) is 7.36. The molecule has 0 radical (unpaired) electrons. The van der Waals surface area contributed by atoms with Crippen molar-refractivity contribution in [1.29, 1.82) is 0 Å². The van der Waals surface area contributed by atoms with Crippen molar-refractivity contribution in [2.75, 3.05) is 13.6 Å². The molecule has 29 heavy (non-hydrogen) atoms. The predicted molar refractivity (Wildman–Crippen MR) is 105 cm³/mol. The maximum atomic E-state index is 13.4. The second-order valence-corrected chi connectivity index (χ2v) is 7.36. The molecule has 2 aromatic rings. The number of amides is 3. The Morgan fingerprint density at radius 3 is 2.41 bits per heavy atom. The summed E-state index contributed by atoms with van der Waals surface area (Å²) in [7, 11) is 1.65. The van der Waals surface area contributed by atoms with E-state index in [1.807, 2.05) is 24.8 Å². The third kappa shape index (κ3) is 3.06. The standard InChI is InChI=1S/C20H23FN6O2/c1-5-25-18(28)16-17(24(4)20(25)29)22-19(27-13(3)10-12(2)23-27)26(16)11-14-6-8-15(21)9-7-14/h6-10,16-17H,5,11H2,1-4H3. The number of nitrogens with zero attached hydrogens (tertiary/aromatic N) is 6. The fourth-order valence-electron chi connectivity index (χ4n) is 3.92. The SMILES string of the molecule is CCN1C(=O)C2C(N=C(n3nc(C)cc3C)N2Cc2ccc(F)cc2)N(C)C1=O. The van der Waals surface area contributed by atoms with Gasteiger partial charge in [0.05, 0.1) is 5.69 Å². The zero-order chi connectivity index (χ0) is 20.9. The molecular weight excluding hydrogens is 375 g/mol. The Labute approximate surface area is 168 Å². The molecule has 2 aliphatic rings. The van der Waals surface area contributed by atoms with Crippen LogP contribution in [0.1, 0.15) is 23.9 Å². The first-order valence-electron chi connectivity index (χ1n) is 9.52. The van der Waals surface area contributed by atoms with E-state index in [-0.39, 0.29) is 24.3 Å². The minimum Gasteiger partial charge on any atom is -0.321 e. The van der Waals surface area contributed by atoms with Crippen LogP contribution >= 0.6 is 0 Å². The summed E-state index contributed by atoms with van der Waals surface area (Å²) in [4.78, 5) is 35.1. The number of aryl methyl sites for hydroxylation is 2. The van der Waals surface area contributed by atoms with E-state index in [2.05, 4.69) is 5.10 Å².